The third-order valence-corrected chi connectivity index (χ3v) is 6.77. The van der Waals surface area contributed by atoms with Crippen LogP contribution in [0.3, 0.4) is 0 Å². The maximum absolute atomic E-state index is 12.4. The van der Waals surface area contributed by atoms with Gasteiger partial charge in [0.2, 0.25) is 11.5 Å². The molecular weight excluding hydrogens is 476 g/mol. The second-order valence-electron chi connectivity index (χ2n) is 9.25. The van der Waals surface area contributed by atoms with Crippen LogP contribution < -0.4 is 5.32 Å². The number of rotatable bonds is 5. The Morgan fingerprint density at radius 3 is 2.59 bits per heavy atom. The number of nitrogens with one attached hydrogen (secondary N) is 1. The Morgan fingerprint density at radius 2 is 1.81 bits per heavy atom. The summed E-state index contributed by atoms with van der Waals surface area (Å²) in [7, 11) is 3.41. The fourth-order valence-electron chi connectivity index (χ4n) is 4.58. The standard InChI is InChI=1S/C25H24N8O4/c1-31-10-11-33-19(22(31)34)14-21(29-33)28-24-26-8-6-17(27-24)15-4-3-5-16(12-15)18-13-20(37-30-18)25(36)7-9-32(2)23(25)35/h3-6,8,12-14,36H,7,9-11H2,1-2H3,(H,26,27,28,29)/t25-/m1/s1. The molecule has 1 atom stereocenters. The molecule has 5 heterocycles. The molecule has 2 amide bonds. The highest BCUT2D eigenvalue weighted by molar-refractivity contribution is 5.94. The van der Waals surface area contributed by atoms with Crippen molar-refractivity contribution >= 4 is 23.6 Å². The molecule has 2 aliphatic rings. The van der Waals surface area contributed by atoms with Gasteiger partial charge in [-0.15, -0.1) is 0 Å². The quantitative estimate of drug-likeness (QED) is 0.420. The van der Waals surface area contributed by atoms with Crippen LogP contribution in [-0.4, -0.2) is 78.8 Å². The second kappa shape index (κ2) is 8.52. The topological polar surface area (TPSA) is 143 Å². The van der Waals surface area contributed by atoms with Gasteiger partial charge in [-0.3, -0.25) is 14.3 Å². The predicted octanol–water partition coefficient (Wildman–Crippen LogP) is 1.87. The first-order valence-electron chi connectivity index (χ1n) is 11.8. The summed E-state index contributed by atoms with van der Waals surface area (Å²) in [4.78, 5) is 36.8. The van der Waals surface area contributed by atoms with Gasteiger partial charge in [-0.2, -0.15) is 5.10 Å². The number of anilines is 2. The van der Waals surface area contributed by atoms with Gasteiger partial charge in [-0.1, -0.05) is 23.4 Å². The Hall–Kier alpha value is -4.58. The van der Waals surface area contributed by atoms with Crippen LogP contribution >= 0.6 is 0 Å². The number of carbonyl (C=O) groups is 2. The Morgan fingerprint density at radius 1 is 1.00 bits per heavy atom. The van der Waals surface area contributed by atoms with Crippen LogP contribution in [0.15, 0.2) is 53.2 Å². The van der Waals surface area contributed by atoms with Gasteiger partial charge < -0.3 is 24.7 Å². The maximum Gasteiger partial charge on any atom is 0.272 e. The lowest BCUT2D eigenvalue weighted by atomic mass is 9.98. The van der Waals surface area contributed by atoms with Gasteiger partial charge in [-0.25, -0.2) is 9.97 Å². The molecule has 0 unspecified atom stereocenters. The summed E-state index contributed by atoms with van der Waals surface area (Å²) in [5.74, 6) is 0.479. The van der Waals surface area contributed by atoms with Gasteiger partial charge in [0.15, 0.2) is 11.6 Å². The minimum Gasteiger partial charge on any atom is -0.373 e. The molecule has 0 saturated carbocycles. The largest absolute Gasteiger partial charge is 0.373 e. The van der Waals surface area contributed by atoms with E-state index in [4.69, 9.17) is 4.52 Å². The van der Waals surface area contributed by atoms with Crippen LogP contribution in [-0.2, 0) is 16.9 Å². The van der Waals surface area contributed by atoms with Gasteiger partial charge in [0.25, 0.3) is 11.8 Å². The van der Waals surface area contributed by atoms with Crippen molar-refractivity contribution in [2.75, 3.05) is 32.5 Å². The van der Waals surface area contributed by atoms with E-state index in [9.17, 15) is 14.7 Å². The summed E-state index contributed by atoms with van der Waals surface area (Å²) < 4.78 is 7.06. The highest BCUT2D eigenvalue weighted by Gasteiger charge is 2.48. The monoisotopic (exact) mass is 500 g/mol. The first kappa shape index (κ1) is 22.9. The number of hydrogen-bond acceptors (Lipinski definition) is 9. The summed E-state index contributed by atoms with van der Waals surface area (Å²) in [6, 6.07) is 12.6. The molecular formula is C25H24N8O4. The van der Waals surface area contributed by atoms with Gasteiger partial charge in [0.05, 0.1) is 12.2 Å². The Kier molecular flexibility index (Phi) is 5.26. The van der Waals surface area contributed by atoms with Crippen molar-refractivity contribution in [3.05, 3.63) is 60.1 Å². The summed E-state index contributed by atoms with van der Waals surface area (Å²) >= 11 is 0. The van der Waals surface area contributed by atoms with Crippen molar-refractivity contribution in [3.63, 3.8) is 0 Å². The van der Waals surface area contributed by atoms with Crippen molar-refractivity contribution in [2.45, 2.75) is 18.6 Å². The molecule has 12 heteroatoms. The van der Waals surface area contributed by atoms with Crippen molar-refractivity contribution < 1.29 is 19.2 Å². The average molecular weight is 501 g/mol. The number of aliphatic hydroxyl groups is 1. The smallest absolute Gasteiger partial charge is 0.272 e. The third-order valence-electron chi connectivity index (χ3n) is 6.77. The fraction of sp³-hybridized carbons (Fsp3) is 0.280. The molecule has 188 valence electrons. The predicted molar refractivity (Wildman–Crippen MR) is 132 cm³/mol. The van der Waals surface area contributed by atoms with Crippen LogP contribution in [0.5, 0.6) is 0 Å². The molecule has 0 aliphatic carbocycles. The summed E-state index contributed by atoms with van der Waals surface area (Å²) in [6.07, 6.45) is 1.89. The molecule has 2 N–H and O–H groups in total. The van der Waals surface area contributed by atoms with Crippen molar-refractivity contribution in [3.8, 4) is 22.5 Å². The lowest BCUT2D eigenvalue weighted by Gasteiger charge is -2.22. The number of aromatic nitrogens is 5. The number of likely N-dealkylation sites (tertiary alicyclic amines) is 1. The molecule has 37 heavy (non-hydrogen) atoms. The number of benzene rings is 1. The Bertz CT molecular complexity index is 1530. The number of likely N-dealkylation sites (N-methyl/N-ethyl adjacent to an activating group) is 2. The van der Waals surface area contributed by atoms with Crippen LogP contribution in [0.2, 0.25) is 0 Å². The van der Waals surface area contributed by atoms with Crippen molar-refractivity contribution in [2.24, 2.45) is 0 Å². The van der Waals surface area contributed by atoms with Crippen molar-refractivity contribution in [1.29, 1.82) is 0 Å². The number of hydrogen-bond donors (Lipinski definition) is 2. The van der Waals surface area contributed by atoms with Gasteiger partial charge in [0.1, 0.15) is 11.4 Å². The summed E-state index contributed by atoms with van der Waals surface area (Å²) in [5, 5.41) is 22.5. The molecule has 12 nitrogen and oxygen atoms in total. The van der Waals surface area contributed by atoms with E-state index in [2.05, 4.69) is 25.5 Å². The maximum atomic E-state index is 12.4. The lowest BCUT2D eigenvalue weighted by molar-refractivity contribution is -0.144. The first-order valence-corrected chi connectivity index (χ1v) is 11.8. The Balaban J connectivity index is 1.25. The summed E-state index contributed by atoms with van der Waals surface area (Å²) in [6.45, 7) is 1.67. The number of carbonyl (C=O) groups excluding carboxylic acids is 2. The van der Waals surface area contributed by atoms with E-state index >= 15 is 0 Å². The molecule has 4 aromatic rings. The molecule has 0 spiro atoms. The van der Waals surface area contributed by atoms with E-state index in [0.717, 1.165) is 11.1 Å². The van der Waals surface area contributed by atoms with Gasteiger partial charge >= 0.3 is 0 Å². The lowest BCUT2D eigenvalue weighted by Crippen LogP contribution is -2.37. The zero-order valence-electron chi connectivity index (χ0n) is 20.2. The summed E-state index contributed by atoms with van der Waals surface area (Å²) in [5.41, 5.74) is 1.53. The molecule has 6 rings (SSSR count). The first-order chi connectivity index (χ1) is 17.8. The normalized spacial score (nSPS) is 19.4. The molecule has 1 saturated heterocycles. The minimum atomic E-state index is -1.70. The van der Waals surface area contributed by atoms with Crippen molar-refractivity contribution in [1.82, 2.24) is 34.7 Å². The molecule has 0 radical (unpaired) electrons. The number of nitrogens with zero attached hydrogens (tertiary/aromatic N) is 7. The van der Waals surface area contributed by atoms with E-state index in [1.54, 1.807) is 48.1 Å². The van der Waals surface area contributed by atoms with Crippen LogP contribution in [0.25, 0.3) is 22.5 Å². The third kappa shape index (κ3) is 3.91. The fourth-order valence-corrected chi connectivity index (χ4v) is 4.58. The van der Waals surface area contributed by atoms with Crippen LogP contribution in [0.1, 0.15) is 22.7 Å². The van der Waals surface area contributed by atoms with Gasteiger partial charge in [0, 0.05) is 63.1 Å². The molecule has 3 aromatic heterocycles. The second-order valence-corrected chi connectivity index (χ2v) is 9.25. The number of fused-ring (bicyclic) bond motifs is 1. The van der Waals surface area contributed by atoms with E-state index in [1.807, 2.05) is 24.3 Å². The molecule has 0 bridgehead atoms. The SMILES string of the molecule is CN1CCn2nc(Nc3nccc(-c4cccc(-c5cc([C@]6(O)CCN(C)C6=O)on5)c4)n3)cc2C1=O. The van der Waals surface area contributed by atoms with E-state index in [0.29, 0.717) is 48.5 Å². The highest BCUT2D eigenvalue weighted by Crippen LogP contribution is 2.35. The number of amides is 2. The van der Waals surface area contributed by atoms with E-state index < -0.39 is 11.5 Å². The van der Waals surface area contributed by atoms with Crippen LogP contribution in [0, 0.1) is 0 Å². The van der Waals surface area contributed by atoms with Gasteiger partial charge in [-0.05, 0) is 12.1 Å². The Labute approximate surface area is 211 Å². The zero-order chi connectivity index (χ0) is 25.7. The molecule has 2 aliphatic heterocycles. The van der Waals surface area contributed by atoms with E-state index in [1.165, 1.54) is 4.90 Å². The highest BCUT2D eigenvalue weighted by atomic mass is 16.5. The average Bonchev–Trinajstić information content (AvgIpc) is 3.63. The molecule has 1 fully saturated rings. The zero-order valence-corrected chi connectivity index (χ0v) is 20.2. The van der Waals surface area contributed by atoms with E-state index in [-0.39, 0.29) is 18.1 Å². The molecule has 1 aromatic carbocycles. The van der Waals surface area contributed by atoms with Crippen LogP contribution in [0.4, 0.5) is 11.8 Å². The minimum absolute atomic E-state index is 0.0780.